The predicted octanol–water partition coefficient (Wildman–Crippen LogP) is 2.97. The topological polar surface area (TPSA) is 28.2 Å². The second-order valence-electron chi connectivity index (χ2n) is 4.27. The molecular formula is C11H14Cl2F3N3. The number of halogens is 5. The fourth-order valence-corrected chi connectivity index (χ4v) is 2.23. The van der Waals surface area contributed by atoms with Crippen molar-refractivity contribution in [2.45, 2.75) is 19.1 Å². The molecule has 1 unspecified atom stereocenters. The molecule has 0 radical (unpaired) electrons. The zero-order chi connectivity index (χ0) is 13.3. The van der Waals surface area contributed by atoms with Gasteiger partial charge in [-0.2, -0.15) is 13.2 Å². The molecule has 1 N–H and O–H groups in total. The minimum atomic E-state index is -4.41. The van der Waals surface area contributed by atoms with E-state index in [-0.39, 0.29) is 23.5 Å². The van der Waals surface area contributed by atoms with Gasteiger partial charge in [0.2, 0.25) is 0 Å². The van der Waals surface area contributed by atoms with Crippen LogP contribution in [0.5, 0.6) is 0 Å². The summed E-state index contributed by atoms with van der Waals surface area (Å²) in [7, 11) is 0. The van der Waals surface area contributed by atoms with E-state index < -0.39 is 11.7 Å². The van der Waals surface area contributed by atoms with Crippen LogP contribution in [-0.4, -0.2) is 30.7 Å². The molecule has 0 spiro atoms. The highest BCUT2D eigenvalue weighted by Crippen LogP contribution is 2.34. The molecule has 1 fully saturated rings. The van der Waals surface area contributed by atoms with Crippen LogP contribution in [0.1, 0.15) is 12.5 Å². The standard InChI is InChI=1S/C11H13ClF3N3.ClH/c1-7-5-16-2-3-18(7)10-9(12)4-8(6-17-10)11(13,14)15;/h4,6-7,16H,2-3,5H2,1H3;1H. The Bertz CT molecular complexity index is 440. The van der Waals surface area contributed by atoms with E-state index in [1.165, 1.54) is 0 Å². The molecule has 108 valence electrons. The molecule has 0 saturated carbocycles. The molecule has 0 aromatic carbocycles. The Morgan fingerprint density at radius 3 is 2.68 bits per heavy atom. The maximum Gasteiger partial charge on any atom is 0.417 e. The van der Waals surface area contributed by atoms with Gasteiger partial charge in [0.1, 0.15) is 5.82 Å². The van der Waals surface area contributed by atoms with E-state index >= 15 is 0 Å². The molecule has 0 bridgehead atoms. The molecule has 2 rings (SSSR count). The number of pyridine rings is 1. The van der Waals surface area contributed by atoms with Crippen LogP contribution in [0.15, 0.2) is 12.3 Å². The average molecular weight is 316 g/mol. The molecule has 3 nitrogen and oxygen atoms in total. The van der Waals surface area contributed by atoms with E-state index in [0.717, 1.165) is 25.4 Å². The lowest BCUT2D eigenvalue weighted by atomic mass is 10.2. The van der Waals surface area contributed by atoms with Crippen LogP contribution in [0, 0.1) is 0 Å². The molecule has 1 aliphatic rings. The SMILES string of the molecule is CC1CNCCN1c1ncc(C(F)(F)F)cc1Cl.Cl. The Kier molecular flexibility index (Phi) is 5.29. The number of anilines is 1. The largest absolute Gasteiger partial charge is 0.417 e. The third-order valence-electron chi connectivity index (χ3n) is 2.92. The molecule has 1 aliphatic heterocycles. The zero-order valence-electron chi connectivity index (χ0n) is 10.2. The third-order valence-corrected chi connectivity index (χ3v) is 3.20. The van der Waals surface area contributed by atoms with Crippen LogP contribution in [0.25, 0.3) is 0 Å². The van der Waals surface area contributed by atoms with Gasteiger partial charge in [-0.25, -0.2) is 4.98 Å². The van der Waals surface area contributed by atoms with Gasteiger partial charge >= 0.3 is 6.18 Å². The van der Waals surface area contributed by atoms with Gasteiger partial charge in [0.25, 0.3) is 0 Å². The lowest BCUT2D eigenvalue weighted by molar-refractivity contribution is -0.137. The number of piperazine rings is 1. The second-order valence-corrected chi connectivity index (χ2v) is 4.68. The van der Waals surface area contributed by atoms with Crippen molar-refractivity contribution in [3.05, 3.63) is 22.8 Å². The van der Waals surface area contributed by atoms with Gasteiger partial charge in [0, 0.05) is 31.9 Å². The minimum absolute atomic E-state index is 0. The summed E-state index contributed by atoms with van der Waals surface area (Å²) in [6.45, 7) is 4.18. The summed E-state index contributed by atoms with van der Waals surface area (Å²) in [6, 6.07) is 1.08. The van der Waals surface area contributed by atoms with Crippen LogP contribution in [0.4, 0.5) is 19.0 Å². The van der Waals surface area contributed by atoms with Gasteiger partial charge in [0.15, 0.2) is 0 Å². The van der Waals surface area contributed by atoms with E-state index in [1.807, 2.05) is 11.8 Å². The van der Waals surface area contributed by atoms with Gasteiger partial charge < -0.3 is 10.2 Å². The van der Waals surface area contributed by atoms with Gasteiger partial charge in [-0.15, -0.1) is 12.4 Å². The van der Waals surface area contributed by atoms with E-state index in [1.54, 1.807) is 0 Å². The Morgan fingerprint density at radius 1 is 1.47 bits per heavy atom. The fourth-order valence-electron chi connectivity index (χ4n) is 1.95. The van der Waals surface area contributed by atoms with Gasteiger partial charge in [0.05, 0.1) is 10.6 Å². The van der Waals surface area contributed by atoms with E-state index in [0.29, 0.717) is 12.4 Å². The lowest BCUT2D eigenvalue weighted by Crippen LogP contribution is -2.50. The first-order valence-electron chi connectivity index (χ1n) is 5.59. The summed E-state index contributed by atoms with van der Waals surface area (Å²) in [6.07, 6.45) is -3.58. The van der Waals surface area contributed by atoms with Crippen LogP contribution in [0.2, 0.25) is 5.02 Å². The maximum absolute atomic E-state index is 12.5. The summed E-state index contributed by atoms with van der Waals surface area (Å²) in [4.78, 5) is 5.78. The Morgan fingerprint density at radius 2 is 2.16 bits per heavy atom. The molecule has 1 atom stereocenters. The summed E-state index contributed by atoms with van der Waals surface area (Å²) >= 11 is 5.91. The van der Waals surface area contributed by atoms with Crippen LogP contribution in [-0.2, 0) is 6.18 Å². The highest BCUT2D eigenvalue weighted by Gasteiger charge is 2.32. The molecule has 0 aliphatic carbocycles. The van der Waals surface area contributed by atoms with Gasteiger partial charge in [-0.1, -0.05) is 11.6 Å². The summed E-state index contributed by atoms with van der Waals surface area (Å²) in [5.41, 5.74) is -0.820. The number of nitrogens with one attached hydrogen (secondary N) is 1. The highest BCUT2D eigenvalue weighted by molar-refractivity contribution is 6.33. The zero-order valence-corrected chi connectivity index (χ0v) is 11.7. The van der Waals surface area contributed by atoms with Crippen molar-refractivity contribution in [1.29, 1.82) is 0 Å². The predicted molar refractivity (Wildman–Crippen MR) is 71.2 cm³/mol. The van der Waals surface area contributed by atoms with Crippen molar-refractivity contribution < 1.29 is 13.2 Å². The van der Waals surface area contributed by atoms with Crippen molar-refractivity contribution in [2.24, 2.45) is 0 Å². The van der Waals surface area contributed by atoms with Gasteiger partial charge in [-0.05, 0) is 13.0 Å². The Labute approximate surface area is 120 Å². The first-order chi connectivity index (χ1) is 8.39. The van der Waals surface area contributed by atoms with E-state index in [4.69, 9.17) is 11.6 Å². The lowest BCUT2D eigenvalue weighted by Gasteiger charge is -2.35. The summed E-state index contributed by atoms with van der Waals surface area (Å²) in [5.74, 6) is 0.415. The number of rotatable bonds is 1. The van der Waals surface area contributed by atoms with Crippen molar-refractivity contribution in [3.63, 3.8) is 0 Å². The number of nitrogens with zero attached hydrogens (tertiary/aromatic N) is 2. The van der Waals surface area contributed by atoms with Crippen molar-refractivity contribution in [1.82, 2.24) is 10.3 Å². The smallest absolute Gasteiger partial charge is 0.350 e. The summed E-state index contributed by atoms with van der Waals surface area (Å²) < 4.78 is 37.5. The number of aromatic nitrogens is 1. The Balaban J connectivity index is 0.00000180. The van der Waals surface area contributed by atoms with Crippen LogP contribution in [0.3, 0.4) is 0 Å². The molecule has 1 saturated heterocycles. The maximum atomic E-state index is 12.5. The second kappa shape index (κ2) is 6.15. The molecular weight excluding hydrogens is 302 g/mol. The number of alkyl halides is 3. The molecule has 0 amide bonds. The third kappa shape index (κ3) is 3.64. The molecule has 1 aromatic heterocycles. The normalized spacial score (nSPS) is 20.1. The summed E-state index contributed by atoms with van der Waals surface area (Å²) in [5, 5.41) is 3.24. The number of hydrogen-bond acceptors (Lipinski definition) is 3. The average Bonchev–Trinajstić information content (AvgIpc) is 2.29. The van der Waals surface area contributed by atoms with E-state index in [9.17, 15) is 13.2 Å². The minimum Gasteiger partial charge on any atom is -0.350 e. The molecule has 19 heavy (non-hydrogen) atoms. The molecule has 2 heterocycles. The highest BCUT2D eigenvalue weighted by atomic mass is 35.5. The molecule has 1 aromatic rings. The van der Waals surface area contributed by atoms with Crippen molar-refractivity contribution in [2.75, 3.05) is 24.5 Å². The fraction of sp³-hybridized carbons (Fsp3) is 0.545. The monoisotopic (exact) mass is 315 g/mol. The van der Waals surface area contributed by atoms with Crippen molar-refractivity contribution in [3.8, 4) is 0 Å². The molecule has 8 heteroatoms. The quantitative estimate of drug-likeness (QED) is 0.863. The first kappa shape index (κ1) is 16.3. The first-order valence-corrected chi connectivity index (χ1v) is 5.97. The number of hydrogen-bond donors (Lipinski definition) is 1. The van der Waals surface area contributed by atoms with Crippen molar-refractivity contribution >= 4 is 29.8 Å². The van der Waals surface area contributed by atoms with Crippen LogP contribution < -0.4 is 10.2 Å². The van der Waals surface area contributed by atoms with E-state index in [2.05, 4.69) is 10.3 Å². The van der Waals surface area contributed by atoms with Crippen LogP contribution >= 0.6 is 24.0 Å². The Hall–Kier alpha value is -0.720. The van der Waals surface area contributed by atoms with Gasteiger partial charge in [-0.3, -0.25) is 0 Å².